The molecule has 0 radical (unpaired) electrons. The summed E-state index contributed by atoms with van der Waals surface area (Å²) < 4.78 is 11.2. The lowest BCUT2D eigenvalue weighted by atomic mass is 10.1. The van der Waals surface area contributed by atoms with Crippen molar-refractivity contribution in [3.05, 3.63) is 29.8 Å². The molecule has 1 saturated heterocycles. The predicted molar refractivity (Wildman–Crippen MR) is 107 cm³/mol. The highest BCUT2D eigenvalue weighted by Crippen LogP contribution is 2.11. The zero-order valence-corrected chi connectivity index (χ0v) is 16.7. The summed E-state index contributed by atoms with van der Waals surface area (Å²) in [5.74, 6) is 2.37. The van der Waals surface area contributed by atoms with Crippen LogP contribution in [0.15, 0.2) is 29.3 Å². The van der Waals surface area contributed by atoms with E-state index in [9.17, 15) is 0 Å². The molecule has 2 rings (SSSR count). The molecule has 26 heavy (non-hydrogen) atoms. The van der Waals surface area contributed by atoms with Gasteiger partial charge in [0.25, 0.3) is 0 Å². The van der Waals surface area contributed by atoms with Gasteiger partial charge >= 0.3 is 0 Å². The molecule has 1 aliphatic heterocycles. The molecule has 146 valence electrons. The maximum absolute atomic E-state index is 5.81. The minimum Gasteiger partial charge on any atom is -0.492 e. The first-order chi connectivity index (χ1) is 12.6. The van der Waals surface area contributed by atoms with Gasteiger partial charge in [0, 0.05) is 40.3 Å². The monoisotopic (exact) mass is 362 g/mol. The zero-order valence-electron chi connectivity index (χ0n) is 16.7. The number of guanidine groups is 1. The summed E-state index contributed by atoms with van der Waals surface area (Å²) in [6.07, 6.45) is 0. The van der Waals surface area contributed by atoms with Crippen LogP contribution in [0.5, 0.6) is 5.75 Å². The van der Waals surface area contributed by atoms with Crippen molar-refractivity contribution in [3.63, 3.8) is 0 Å². The second-order valence-electron chi connectivity index (χ2n) is 7.03. The Balaban J connectivity index is 1.66. The highest BCUT2D eigenvalue weighted by atomic mass is 16.5. The standard InChI is InChI=1S/C20H34N4O2/c1-17-5-7-19(8-6-17)26-14-9-23(4)20(21-3)22-15-18(2)16-24-10-12-25-13-11-24/h5-8,18H,9-16H2,1-4H3,(H,21,22). The number of rotatable bonds is 8. The minimum atomic E-state index is 0.557. The quantitative estimate of drug-likeness (QED) is 0.565. The average Bonchev–Trinajstić information content (AvgIpc) is 2.64. The topological polar surface area (TPSA) is 49.3 Å². The van der Waals surface area contributed by atoms with Crippen LogP contribution in [0, 0.1) is 12.8 Å². The van der Waals surface area contributed by atoms with Crippen LogP contribution in [-0.4, -0.2) is 82.4 Å². The fraction of sp³-hybridized carbons (Fsp3) is 0.650. The number of ether oxygens (including phenoxy) is 2. The Morgan fingerprint density at radius 2 is 2.00 bits per heavy atom. The Kier molecular flexibility index (Phi) is 8.71. The van der Waals surface area contributed by atoms with Crippen molar-refractivity contribution in [1.82, 2.24) is 15.1 Å². The van der Waals surface area contributed by atoms with E-state index < -0.39 is 0 Å². The van der Waals surface area contributed by atoms with Gasteiger partial charge in [0.2, 0.25) is 0 Å². The van der Waals surface area contributed by atoms with Crippen LogP contribution in [0.3, 0.4) is 0 Å². The Morgan fingerprint density at radius 1 is 1.31 bits per heavy atom. The van der Waals surface area contributed by atoms with Crippen LogP contribution in [0.1, 0.15) is 12.5 Å². The van der Waals surface area contributed by atoms with Crippen LogP contribution in [0.25, 0.3) is 0 Å². The molecule has 1 aromatic rings. The third kappa shape index (κ3) is 7.22. The molecular weight excluding hydrogens is 328 g/mol. The number of hydrogen-bond acceptors (Lipinski definition) is 4. The third-order valence-corrected chi connectivity index (χ3v) is 4.57. The molecule has 6 heteroatoms. The summed E-state index contributed by atoms with van der Waals surface area (Å²) in [4.78, 5) is 8.96. The molecule has 1 unspecified atom stereocenters. The second-order valence-corrected chi connectivity index (χ2v) is 7.03. The number of nitrogens with one attached hydrogen (secondary N) is 1. The van der Waals surface area contributed by atoms with Crippen molar-refractivity contribution in [3.8, 4) is 5.75 Å². The van der Waals surface area contributed by atoms with E-state index in [0.29, 0.717) is 12.5 Å². The van der Waals surface area contributed by atoms with Gasteiger partial charge in [-0.1, -0.05) is 24.6 Å². The van der Waals surface area contributed by atoms with E-state index in [2.05, 4.69) is 46.1 Å². The van der Waals surface area contributed by atoms with Crippen LogP contribution >= 0.6 is 0 Å². The maximum Gasteiger partial charge on any atom is 0.193 e. The van der Waals surface area contributed by atoms with Crippen molar-refractivity contribution in [2.45, 2.75) is 13.8 Å². The van der Waals surface area contributed by atoms with Gasteiger partial charge in [0.1, 0.15) is 12.4 Å². The van der Waals surface area contributed by atoms with E-state index in [0.717, 1.165) is 57.6 Å². The van der Waals surface area contributed by atoms with Gasteiger partial charge in [-0.2, -0.15) is 0 Å². The third-order valence-electron chi connectivity index (χ3n) is 4.57. The molecule has 0 aliphatic carbocycles. The van der Waals surface area contributed by atoms with Crippen molar-refractivity contribution in [2.75, 3.05) is 66.6 Å². The van der Waals surface area contributed by atoms with E-state index in [1.165, 1.54) is 5.56 Å². The Bertz CT molecular complexity index is 541. The molecule has 0 saturated carbocycles. The predicted octanol–water partition coefficient (Wildman–Crippen LogP) is 1.85. The molecular formula is C20H34N4O2. The first-order valence-corrected chi connectivity index (χ1v) is 9.50. The maximum atomic E-state index is 5.81. The van der Waals surface area contributed by atoms with E-state index in [4.69, 9.17) is 9.47 Å². The Labute approximate surface area is 158 Å². The lowest BCUT2D eigenvalue weighted by Gasteiger charge is -2.30. The van der Waals surface area contributed by atoms with Crippen LogP contribution in [-0.2, 0) is 4.74 Å². The molecule has 0 bridgehead atoms. The van der Waals surface area contributed by atoms with Gasteiger partial charge in [-0.3, -0.25) is 9.89 Å². The summed E-state index contributed by atoms with van der Waals surface area (Å²) in [5.41, 5.74) is 1.24. The number of aryl methyl sites for hydroxylation is 1. The van der Waals surface area contributed by atoms with Crippen LogP contribution < -0.4 is 10.1 Å². The molecule has 0 amide bonds. The Hall–Kier alpha value is -1.79. The molecule has 1 fully saturated rings. The van der Waals surface area contributed by atoms with E-state index in [1.807, 2.05) is 26.2 Å². The molecule has 6 nitrogen and oxygen atoms in total. The van der Waals surface area contributed by atoms with E-state index in [-0.39, 0.29) is 0 Å². The number of benzene rings is 1. The minimum absolute atomic E-state index is 0.557. The molecule has 1 atom stereocenters. The molecule has 0 spiro atoms. The summed E-state index contributed by atoms with van der Waals surface area (Å²) >= 11 is 0. The van der Waals surface area contributed by atoms with Crippen LogP contribution in [0.2, 0.25) is 0 Å². The first kappa shape index (κ1) is 20.5. The normalized spacial score (nSPS) is 17.0. The summed E-state index contributed by atoms with van der Waals surface area (Å²) in [5, 5.41) is 3.48. The summed E-state index contributed by atoms with van der Waals surface area (Å²) in [6.45, 7) is 11.5. The molecule has 1 heterocycles. The molecule has 1 aromatic carbocycles. The number of likely N-dealkylation sites (N-methyl/N-ethyl adjacent to an activating group) is 1. The van der Waals surface area contributed by atoms with Crippen LogP contribution in [0.4, 0.5) is 0 Å². The SMILES string of the molecule is CN=C(NCC(C)CN1CCOCC1)N(C)CCOc1ccc(C)cc1. The average molecular weight is 363 g/mol. The molecule has 0 aromatic heterocycles. The van der Waals surface area contributed by atoms with E-state index >= 15 is 0 Å². The Morgan fingerprint density at radius 3 is 2.65 bits per heavy atom. The summed E-state index contributed by atoms with van der Waals surface area (Å²) in [7, 11) is 3.87. The zero-order chi connectivity index (χ0) is 18.8. The van der Waals surface area contributed by atoms with Gasteiger partial charge in [0.15, 0.2) is 5.96 Å². The smallest absolute Gasteiger partial charge is 0.193 e. The van der Waals surface area contributed by atoms with Gasteiger partial charge < -0.3 is 19.7 Å². The van der Waals surface area contributed by atoms with E-state index in [1.54, 1.807) is 0 Å². The first-order valence-electron chi connectivity index (χ1n) is 9.50. The van der Waals surface area contributed by atoms with Gasteiger partial charge in [0.05, 0.1) is 19.8 Å². The van der Waals surface area contributed by atoms with Gasteiger partial charge in [-0.05, 0) is 25.0 Å². The van der Waals surface area contributed by atoms with Crippen molar-refractivity contribution in [1.29, 1.82) is 0 Å². The van der Waals surface area contributed by atoms with Crippen molar-refractivity contribution < 1.29 is 9.47 Å². The van der Waals surface area contributed by atoms with Crippen molar-refractivity contribution in [2.24, 2.45) is 10.9 Å². The second kappa shape index (κ2) is 11.0. The fourth-order valence-corrected chi connectivity index (χ4v) is 2.98. The molecule has 1 N–H and O–H groups in total. The highest BCUT2D eigenvalue weighted by molar-refractivity contribution is 5.79. The lowest BCUT2D eigenvalue weighted by Crippen LogP contribution is -2.45. The highest BCUT2D eigenvalue weighted by Gasteiger charge is 2.14. The lowest BCUT2D eigenvalue weighted by molar-refractivity contribution is 0.0320. The number of hydrogen-bond donors (Lipinski definition) is 1. The molecule has 1 aliphatic rings. The largest absolute Gasteiger partial charge is 0.492 e. The number of aliphatic imine (C=N–C) groups is 1. The number of morpholine rings is 1. The van der Waals surface area contributed by atoms with Gasteiger partial charge in [-0.15, -0.1) is 0 Å². The van der Waals surface area contributed by atoms with Crippen molar-refractivity contribution >= 4 is 5.96 Å². The van der Waals surface area contributed by atoms with Gasteiger partial charge in [-0.25, -0.2) is 0 Å². The summed E-state index contributed by atoms with van der Waals surface area (Å²) in [6, 6.07) is 8.15. The number of nitrogens with zero attached hydrogens (tertiary/aromatic N) is 3. The fourth-order valence-electron chi connectivity index (χ4n) is 2.98.